The number of nitrogens with zero attached hydrogens (tertiary/aromatic N) is 3. The average Bonchev–Trinajstić information content (AvgIpc) is 2.64. The molecule has 2 rings (SSSR count). The molecule has 0 fully saturated rings. The summed E-state index contributed by atoms with van der Waals surface area (Å²) in [5.74, 6) is -0.0514. The molecule has 0 atom stereocenters. The van der Waals surface area contributed by atoms with Crippen molar-refractivity contribution in [2.45, 2.75) is 11.6 Å². The maximum Gasteiger partial charge on any atom is 0.253 e. The largest absolute Gasteiger partial charge is 0.388 e. The van der Waals surface area contributed by atoms with Crippen molar-refractivity contribution < 1.29 is 8.68 Å². The molecule has 0 radical (unpaired) electrons. The van der Waals surface area contributed by atoms with E-state index in [0.717, 1.165) is 11.9 Å². The van der Waals surface area contributed by atoms with E-state index in [2.05, 4.69) is 20.5 Å². The second-order valence-corrected chi connectivity index (χ2v) is 5.16. The summed E-state index contributed by atoms with van der Waals surface area (Å²) >= 11 is 0.0296. The normalized spacial score (nSPS) is 11.6. The monoisotopic (exact) mass is 346 g/mol. The lowest BCUT2D eigenvalue weighted by atomic mass is 10.1. The first-order valence-electron chi connectivity index (χ1n) is 6.83. The molecule has 24 heavy (non-hydrogen) atoms. The van der Waals surface area contributed by atoms with Gasteiger partial charge in [-0.3, -0.25) is 4.79 Å². The van der Waals surface area contributed by atoms with Gasteiger partial charge >= 0.3 is 0 Å². The van der Waals surface area contributed by atoms with Crippen LogP contribution in [0.15, 0.2) is 57.8 Å². The van der Waals surface area contributed by atoms with Gasteiger partial charge in [-0.25, -0.2) is 4.98 Å². The van der Waals surface area contributed by atoms with Crippen molar-refractivity contribution in [2.24, 2.45) is 21.7 Å². The number of nitrogens with two attached hydrogens (primary N) is 2. The van der Waals surface area contributed by atoms with Crippen LogP contribution in [0.3, 0.4) is 0 Å². The van der Waals surface area contributed by atoms with E-state index < -0.39 is 0 Å². The number of carbonyl (C=O) groups is 1. The number of nitrogens with one attached hydrogen (secondary N) is 1. The number of hydrogen-bond donors (Lipinski definition) is 3. The minimum absolute atomic E-state index is 0.0296. The molecule has 9 heteroatoms. The number of amides is 1. The highest BCUT2D eigenvalue weighted by Crippen LogP contribution is 2.15. The highest BCUT2D eigenvalue weighted by molar-refractivity contribution is 7.94. The number of aromatic nitrogens is 1. The number of rotatable bonds is 6. The summed E-state index contributed by atoms with van der Waals surface area (Å²) in [7, 11) is 0. The van der Waals surface area contributed by atoms with Gasteiger partial charge in [0.15, 0.2) is 5.84 Å². The Balaban J connectivity index is 1.95. The van der Waals surface area contributed by atoms with E-state index >= 15 is 0 Å². The summed E-state index contributed by atoms with van der Waals surface area (Å²) in [4.78, 5) is 15.8. The van der Waals surface area contributed by atoms with Gasteiger partial charge in [-0.1, -0.05) is 24.3 Å². The fourth-order valence-corrected chi connectivity index (χ4v) is 2.00. The summed E-state index contributed by atoms with van der Waals surface area (Å²) in [6.07, 6.45) is 2.37. The van der Waals surface area contributed by atoms with Crippen LogP contribution in [0.4, 0.5) is 3.89 Å². The van der Waals surface area contributed by atoms with Crippen LogP contribution in [0, 0.1) is 0 Å². The molecule has 0 saturated carbocycles. The lowest BCUT2D eigenvalue weighted by Crippen LogP contribution is -2.23. The van der Waals surface area contributed by atoms with Crippen molar-refractivity contribution in [3.63, 3.8) is 0 Å². The van der Waals surface area contributed by atoms with E-state index in [1.54, 1.807) is 12.1 Å². The molecule has 5 N–H and O–H groups in total. The van der Waals surface area contributed by atoms with Crippen molar-refractivity contribution in [2.75, 3.05) is 0 Å². The second kappa shape index (κ2) is 8.63. The number of pyridine rings is 1. The quantitative estimate of drug-likeness (QED) is 0.417. The van der Waals surface area contributed by atoms with Crippen molar-refractivity contribution in [1.29, 1.82) is 0 Å². The zero-order chi connectivity index (χ0) is 17.4. The number of benzene rings is 1. The van der Waals surface area contributed by atoms with E-state index in [9.17, 15) is 8.68 Å². The van der Waals surface area contributed by atoms with Crippen LogP contribution in [-0.4, -0.2) is 23.1 Å². The highest BCUT2D eigenvalue weighted by atomic mass is 32.2. The lowest BCUT2D eigenvalue weighted by Gasteiger charge is -2.06. The maximum absolute atomic E-state index is 12.3. The van der Waals surface area contributed by atoms with Crippen molar-refractivity contribution in [1.82, 2.24) is 10.3 Å². The van der Waals surface area contributed by atoms with Gasteiger partial charge < -0.3 is 16.8 Å². The summed E-state index contributed by atoms with van der Waals surface area (Å²) in [6, 6.07) is 10.1. The Labute approximate surface area is 142 Å². The third-order valence-corrected chi connectivity index (χ3v) is 3.41. The lowest BCUT2D eigenvalue weighted by molar-refractivity contribution is 0.0950. The van der Waals surface area contributed by atoms with Gasteiger partial charge in [-0.05, 0) is 17.7 Å². The number of amidine groups is 1. The van der Waals surface area contributed by atoms with Crippen LogP contribution in [0.5, 0.6) is 0 Å². The molecular formula is C15H15FN6OS. The smallest absolute Gasteiger partial charge is 0.253 e. The fraction of sp³-hybridized carbons (Fsp3) is 0.0667. The maximum atomic E-state index is 12.3. The van der Waals surface area contributed by atoms with Crippen LogP contribution >= 0.6 is 12.1 Å². The molecule has 0 aliphatic carbocycles. The molecule has 2 aromatic rings. The zero-order valence-corrected chi connectivity index (χ0v) is 13.3. The van der Waals surface area contributed by atoms with Crippen LogP contribution in [-0.2, 0) is 6.54 Å². The molecule has 1 amide bonds. The van der Waals surface area contributed by atoms with Crippen LogP contribution in [0.2, 0.25) is 0 Å². The first kappa shape index (κ1) is 17.4. The molecule has 0 aliphatic heterocycles. The van der Waals surface area contributed by atoms with Crippen LogP contribution < -0.4 is 16.8 Å². The van der Waals surface area contributed by atoms with E-state index in [1.807, 2.05) is 12.1 Å². The van der Waals surface area contributed by atoms with E-state index in [0.29, 0.717) is 17.7 Å². The number of carbonyl (C=O) groups excluding carboxylic acids is 1. The van der Waals surface area contributed by atoms with Gasteiger partial charge in [0.2, 0.25) is 0 Å². The highest BCUT2D eigenvalue weighted by Gasteiger charge is 2.07. The first-order chi connectivity index (χ1) is 11.6. The third-order valence-electron chi connectivity index (χ3n) is 3.01. The van der Waals surface area contributed by atoms with Gasteiger partial charge in [-0.15, -0.1) is 10.2 Å². The SMILES string of the molecule is N/C=N\N=C(/N)c1ccc(CNC(=O)c2ccc(SF)nc2)cc1. The van der Waals surface area contributed by atoms with Gasteiger partial charge in [0.05, 0.1) is 5.56 Å². The Bertz CT molecular complexity index is 746. The molecule has 1 aromatic heterocycles. The molecule has 0 saturated heterocycles. The molecule has 0 spiro atoms. The second-order valence-electron chi connectivity index (χ2n) is 4.59. The van der Waals surface area contributed by atoms with Crippen molar-refractivity contribution in [3.05, 3.63) is 59.3 Å². The molecule has 7 nitrogen and oxygen atoms in total. The van der Waals surface area contributed by atoms with Gasteiger partial charge in [0.1, 0.15) is 23.5 Å². The molecule has 0 aliphatic rings. The van der Waals surface area contributed by atoms with E-state index in [4.69, 9.17) is 11.5 Å². The zero-order valence-electron chi connectivity index (χ0n) is 12.5. The molecule has 0 bridgehead atoms. The topological polar surface area (TPSA) is 119 Å². The third kappa shape index (κ3) is 4.78. The molecule has 1 heterocycles. The Hall–Kier alpha value is -2.94. The number of hydrogen-bond acceptors (Lipinski definition) is 5. The minimum Gasteiger partial charge on any atom is -0.388 e. The molecular weight excluding hydrogens is 331 g/mol. The fourth-order valence-electron chi connectivity index (χ4n) is 1.79. The van der Waals surface area contributed by atoms with E-state index in [1.165, 1.54) is 18.3 Å². The van der Waals surface area contributed by atoms with Gasteiger partial charge in [0.25, 0.3) is 5.91 Å². The average molecular weight is 346 g/mol. The Morgan fingerprint density at radius 1 is 1.25 bits per heavy atom. The van der Waals surface area contributed by atoms with Crippen molar-refractivity contribution >= 4 is 30.2 Å². The van der Waals surface area contributed by atoms with E-state index in [-0.39, 0.29) is 28.9 Å². The Morgan fingerprint density at radius 3 is 2.54 bits per heavy atom. The number of halogens is 1. The summed E-state index contributed by atoms with van der Waals surface area (Å²) in [6.45, 7) is 0.330. The Kier molecular flexibility index (Phi) is 6.26. The first-order valence-corrected chi connectivity index (χ1v) is 7.54. The van der Waals surface area contributed by atoms with Crippen LogP contribution in [0.1, 0.15) is 21.5 Å². The molecule has 0 unspecified atom stereocenters. The predicted molar refractivity (Wildman–Crippen MR) is 92.2 cm³/mol. The summed E-state index contributed by atoms with van der Waals surface area (Å²) in [5, 5.41) is 10.2. The predicted octanol–water partition coefficient (Wildman–Crippen LogP) is 1.60. The minimum atomic E-state index is -0.291. The molecule has 1 aromatic carbocycles. The van der Waals surface area contributed by atoms with Gasteiger partial charge in [-0.2, -0.15) is 3.89 Å². The van der Waals surface area contributed by atoms with Crippen LogP contribution in [0.25, 0.3) is 0 Å². The van der Waals surface area contributed by atoms with Gasteiger partial charge in [0, 0.05) is 18.3 Å². The standard InChI is InChI=1S/C15H15FN6OS/c16-24-13-6-5-12(8-19-13)15(23)20-7-10-1-3-11(4-2-10)14(18)22-21-9-17/h1-6,8-9H,7H2,(H2,17,21)(H2,18,22)(H,20,23). The van der Waals surface area contributed by atoms with Crippen molar-refractivity contribution in [3.8, 4) is 0 Å². The summed E-state index contributed by atoms with van der Waals surface area (Å²) in [5.41, 5.74) is 12.8. The summed E-state index contributed by atoms with van der Waals surface area (Å²) < 4.78 is 12.3. The Morgan fingerprint density at radius 2 is 1.96 bits per heavy atom. The molecule has 124 valence electrons.